The molecule has 17 heavy (non-hydrogen) atoms. The minimum absolute atomic E-state index is 0.0911. The van der Waals surface area contributed by atoms with E-state index in [1.165, 1.54) is 14.2 Å². The molecule has 5 heteroatoms. The summed E-state index contributed by atoms with van der Waals surface area (Å²) >= 11 is 0. The molecule has 0 aliphatic rings. The Hall–Kier alpha value is -2.04. The Labute approximate surface area is 99.5 Å². The van der Waals surface area contributed by atoms with Crippen molar-refractivity contribution in [3.05, 3.63) is 29.3 Å². The molecule has 0 fully saturated rings. The van der Waals surface area contributed by atoms with Gasteiger partial charge in [-0.25, -0.2) is 0 Å². The van der Waals surface area contributed by atoms with Gasteiger partial charge in [0.15, 0.2) is 0 Å². The molecule has 0 spiro atoms. The number of hydrogen-bond donors (Lipinski definition) is 1. The highest BCUT2D eigenvalue weighted by Crippen LogP contribution is 2.16. The highest BCUT2D eigenvalue weighted by atomic mass is 16.5. The van der Waals surface area contributed by atoms with Gasteiger partial charge in [0, 0.05) is 5.69 Å². The van der Waals surface area contributed by atoms with Crippen LogP contribution >= 0.6 is 0 Å². The monoisotopic (exact) mass is 237 g/mol. The number of benzene rings is 1. The summed E-state index contributed by atoms with van der Waals surface area (Å²) in [5.41, 5.74) is 7.58. The van der Waals surface area contributed by atoms with Crippen molar-refractivity contribution in [2.45, 2.75) is 12.8 Å². The Morgan fingerprint density at radius 2 is 1.59 bits per heavy atom. The summed E-state index contributed by atoms with van der Waals surface area (Å²) in [4.78, 5) is 22.4. The van der Waals surface area contributed by atoms with Crippen LogP contribution in [-0.2, 0) is 31.9 Å². The lowest BCUT2D eigenvalue weighted by molar-refractivity contribution is -0.141. The fourth-order valence-corrected chi connectivity index (χ4v) is 1.44. The number of carbonyl (C=O) groups excluding carboxylic acids is 2. The smallest absolute Gasteiger partial charge is 0.309 e. The summed E-state index contributed by atoms with van der Waals surface area (Å²) in [5.74, 6) is -0.734. The fourth-order valence-electron chi connectivity index (χ4n) is 1.44. The Kier molecular flexibility index (Phi) is 4.51. The summed E-state index contributed by atoms with van der Waals surface area (Å²) in [5, 5.41) is 0. The largest absolute Gasteiger partial charge is 0.469 e. The van der Waals surface area contributed by atoms with Crippen molar-refractivity contribution in [1.29, 1.82) is 0 Å². The average Bonchev–Trinajstić information content (AvgIpc) is 2.32. The number of esters is 2. The number of ether oxygens (including phenoxy) is 2. The number of nitrogens with two attached hydrogens (primary N) is 1. The predicted molar refractivity (Wildman–Crippen MR) is 62.3 cm³/mol. The molecule has 0 radical (unpaired) electrons. The van der Waals surface area contributed by atoms with Crippen LogP contribution in [0.25, 0.3) is 0 Å². The molecule has 0 atom stereocenters. The molecular weight excluding hydrogens is 222 g/mol. The van der Waals surface area contributed by atoms with Crippen molar-refractivity contribution in [2.75, 3.05) is 20.0 Å². The topological polar surface area (TPSA) is 78.6 Å². The number of carbonyl (C=O) groups is 2. The molecule has 0 saturated carbocycles. The number of hydrogen-bond acceptors (Lipinski definition) is 5. The van der Waals surface area contributed by atoms with Gasteiger partial charge in [0.25, 0.3) is 0 Å². The third-order valence-corrected chi connectivity index (χ3v) is 2.36. The molecule has 0 aromatic heterocycles. The quantitative estimate of drug-likeness (QED) is 0.616. The van der Waals surface area contributed by atoms with Crippen LogP contribution in [0, 0.1) is 0 Å². The number of rotatable bonds is 4. The molecule has 2 N–H and O–H groups in total. The Bertz CT molecular complexity index is 429. The summed E-state index contributed by atoms with van der Waals surface area (Å²) in [6.45, 7) is 0. The molecule has 92 valence electrons. The zero-order chi connectivity index (χ0) is 12.8. The van der Waals surface area contributed by atoms with Gasteiger partial charge in [0.1, 0.15) is 0 Å². The maximum absolute atomic E-state index is 11.2. The van der Waals surface area contributed by atoms with E-state index in [1.807, 2.05) is 0 Å². The first-order valence-electron chi connectivity index (χ1n) is 5.07. The van der Waals surface area contributed by atoms with E-state index in [4.69, 9.17) is 5.73 Å². The van der Waals surface area contributed by atoms with Crippen LogP contribution in [-0.4, -0.2) is 26.2 Å². The molecule has 1 rings (SSSR count). The second-order valence-electron chi connectivity index (χ2n) is 3.53. The molecule has 0 saturated heterocycles. The molecule has 0 aliphatic heterocycles. The Balaban J connectivity index is 2.95. The van der Waals surface area contributed by atoms with Crippen LogP contribution in [0.5, 0.6) is 0 Å². The summed E-state index contributed by atoms with van der Waals surface area (Å²) in [6.07, 6.45) is 0.205. The van der Waals surface area contributed by atoms with E-state index in [0.717, 1.165) is 5.56 Å². The van der Waals surface area contributed by atoms with Crippen LogP contribution in [0.15, 0.2) is 18.2 Å². The minimum Gasteiger partial charge on any atom is -0.469 e. The van der Waals surface area contributed by atoms with E-state index >= 15 is 0 Å². The Morgan fingerprint density at radius 1 is 1.06 bits per heavy atom. The Morgan fingerprint density at radius 3 is 2.12 bits per heavy atom. The van der Waals surface area contributed by atoms with Crippen molar-refractivity contribution in [3.8, 4) is 0 Å². The second-order valence-corrected chi connectivity index (χ2v) is 3.53. The van der Waals surface area contributed by atoms with E-state index in [2.05, 4.69) is 9.47 Å². The van der Waals surface area contributed by atoms with Gasteiger partial charge in [-0.1, -0.05) is 6.07 Å². The summed E-state index contributed by atoms with van der Waals surface area (Å²) in [6, 6.07) is 5.05. The van der Waals surface area contributed by atoms with Crippen LogP contribution in [0.3, 0.4) is 0 Å². The SMILES string of the molecule is COC(=O)Cc1ccc(N)cc1CC(=O)OC. The summed E-state index contributed by atoms with van der Waals surface area (Å²) in [7, 11) is 2.63. The standard InChI is InChI=1S/C12H15NO4/c1-16-11(14)6-8-3-4-10(13)5-9(8)7-12(15)17-2/h3-5H,6-7,13H2,1-2H3. The average molecular weight is 237 g/mol. The van der Waals surface area contributed by atoms with Crippen LogP contribution in [0.2, 0.25) is 0 Å². The maximum Gasteiger partial charge on any atom is 0.309 e. The van der Waals surface area contributed by atoms with E-state index in [1.54, 1.807) is 18.2 Å². The van der Waals surface area contributed by atoms with Gasteiger partial charge < -0.3 is 15.2 Å². The van der Waals surface area contributed by atoms with Crippen molar-refractivity contribution < 1.29 is 19.1 Å². The van der Waals surface area contributed by atoms with Gasteiger partial charge in [0.2, 0.25) is 0 Å². The van der Waals surface area contributed by atoms with E-state index in [0.29, 0.717) is 11.3 Å². The maximum atomic E-state index is 11.2. The van der Waals surface area contributed by atoms with Crippen molar-refractivity contribution in [1.82, 2.24) is 0 Å². The normalized spacial score (nSPS) is 9.76. The van der Waals surface area contributed by atoms with Gasteiger partial charge in [-0.15, -0.1) is 0 Å². The molecule has 1 aromatic rings. The van der Waals surface area contributed by atoms with Crippen molar-refractivity contribution in [2.24, 2.45) is 0 Å². The van der Waals surface area contributed by atoms with Gasteiger partial charge in [0.05, 0.1) is 27.1 Å². The highest BCUT2D eigenvalue weighted by molar-refractivity contribution is 5.76. The minimum atomic E-state index is -0.373. The van der Waals surface area contributed by atoms with Crippen molar-refractivity contribution in [3.63, 3.8) is 0 Å². The predicted octanol–water partition coefficient (Wildman–Crippen LogP) is 0.700. The van der Waals surface area contributed by atoms with Gasteiger partial charge in [-0.3, -0.25) is 9.59 Å². The van der Waals surface area contributed by atoms with Gasteiger partial charge in [-0.05, 0) is 23.3 Å². The first kappa shape index (κ1) is 13.0. The summed E-state index contributed by atoms with van der Waals surface area (Å²) < 4.78 is 9.17. The van der Waals surface area contributed by atoms with Gasteiger partial charge in [-0.2, -0.15) is 0 Å². The van der Waals surface area contributed by atoms with E-state index < -0.39 is 0 Å². The highest BCUT2D eigenvalue weighted by Gasteiger charge is 2.12. The molecular formula is C12H15NO4. The van der Waals surface area contributed by atoms with Crippen LogP contribution < -0.4 is 5.73 Å². The molecule has 0 heterocycles. The number of anilines is 1. The van der Waals surface area contributed by atoms with Crippen molar-refractivity contribution >= 4 is 17.6 Å². The third kappa shape index (κ3) is 3.79. The van der Waals surface area contributed by atoms with Gasteiger partial charge >= 0.3 is 11.9 Å². The number of methoxy groups -OCH3 is 2. The molecule has 1 aromatic carbocycles. The van der Waals surface area contributed by atoms with E-state index in [9.17, 15) is 9.59 Å². The molecule has 0 aliphatic carbocycles. The molecule has 0 unspecified atom stereocenters. The molecule has 0 bridgehead atoms. The molecule has 0 amide bonds. The van der Waals surface area contributed by atoms with Crippen LogP contribution in [0.1, 0.15) is 11.1 Å². The lowest BCUT2D eigenvalue weighted by Crippen LogP contribution is -2.11. The fraction of sp³-hybridized carbons (Fsp3) is 0.333. The molecule has 5 nitrogen and oxygen atoms in total. The number of nitrogen functional groups attached to an aromatic ring is 1. The van der Waals surface area contributed by atoms with E-state index in [-0.39, 0.29) is 24.8 Å². The lowest BCUT2D eigenvalue weighted by atomic mass is 10.0. The lowest BCUT2D eigenvalue weighted by Gasteiger charge is -2.08. The zero-order valence-electron chi connectivity index (χ0n) is 9.86. The van der Waals surface area contributed by atoms with Crippen LogP contribution in [0.4, 0.5) is 5.69 Å². The second kappa shape index (κ2) is 5.89. The first-order valence-corrected chi connectivity index (χ1v) is 5.07. The third-order valence-electron chi connectivity index (χ3n) is 2.36. The first-order chi connectivity index (χ1) is 8.06. The zero-order valence-corrected chi connectivity index (χ0v) is 9.86.